The van der Waals surface area contributed by atoms with Crippen LogP contribution in [-0.2, 0) is 0 Å². The zero-order valence-corrected chi connectivity index (χ0v) is 26.7. The quantitative estimate of drug-likeness (QED) is 0.221. The van der Waals surface area contributed by atoms with Crippen LogP contribution in [-0.4, -0.2) is 77.3 Å². The first kappa shape index (κ1) is 30.0. The molecule has 0 amide bonds. The Morgan fingerprint density at radius 1 is 1.00 bits per heavy atom. The number of halogens is 3. The molecule has 10 heteroatoms. The number of phenolic OH excluding ortho intramolecular Hbond substituents is 1. The number of hydrogen-bond acceptors (Lipinski definition) is 7. The monoisotopic (exact) mass is 653 g/mol. The van der Waals surface area contributed by atoms with E-state index in [4.69, 9.17) is 16.1 Å². The van der Waals surface area contributed by atoms with Crippen LogP contribution in [0.2, 0.25) is 0 Å². The SMILES string of the molecule is C#Cc1cccc2cc(O)cc(-c3ccc4c(N5CC6CCC(C5)N6)nc(OCC5(CN6CCC7(CC6)CC7(F)F)CC5)nc4c3F)c12. The van der Waals surface area contributed by atoms with Crippen LogP contribution < -0.4 is 15.0 Å². The number of nitrogens with zero attached hydrogens (tertiary/aromatic N) is 4. The van der Waals surface area contributed by atoms with Crippen molar-refractivity contribution in [1.82, 2.24) is 20.2 Å². The average molecular weight is 654 g/mol. The van der Waals surface area contributed by atoms with Gasteiger partial charge in [0.15, 0.2) is 5.82 Å². The second kappa shape index (κ2) is 10.7. The number of fused-ring (bicyclic) bond motifs is 4. The van der Waals surface area contributed by atoms with E-state index in [0.717, 1.165) is 45.3 Å². The molecule has 5 fully saturated rings. The highest BCUT2D eigenvalue weighted by molar-refractivity contribution is 6.04. The molecule has 2 N–H and O–H groups in total. The maximum absolute atomic E-state index is 16.9. The van der Waals surface area contributed by atoms with Crippen LogP contribution in [0.3, 0.4) is 0 Å². The van der Waals surface area contributed by atoms with Crippen molar-refractivity contribution in [3.63, 3.8) is 0 Å². The molecule has 5 aliphatic rings. The summed E-state index contributed by atoms with van der Waals surface area (Å²) in [5, 5.41) is 16.3. The van der Waals surface area contributed by atoms with Gasteiger partial charge in [0.25, 0.3) is 5.92 Å². The van der Waals surface area contributed by atoms with E-state index in [1.807, 2.05) is 24.3 Å². The fourth-order valence-electron chi connectivity index (χ4n) is 8.63. The summed E-state index contributed by atoms with van der Waals surface area (Å²) in [5.41, 5.74) is 0.677. The van der Waals surface area contributed by atoms with E-state index in [0.29, 0.717) is 77.7 Å². The van der Waals surface area contributed by atoms with Gasteiger partial charge in [0.05, 0.1) is 6.61 Å². The summed E-state index contributed by atoms with van der Waals surface area (Å²) < 4.78 is 51.1. The number of aromatic nitrogens is 2. The molecular weight excluding hydrogens is 615 g/mol. The Kier molecular flexibility index (Phi) is 6.70. The Hall–Kier alpha value is -4.07. The third-order valence-corrected chi connectivity index (χ3v) is 11.7. The molecule has 1 aromatic heterocycles. The molecule has 48 heavy (non-hydrogen) atoms. The lowest BCUT2D eigenvalue weighted by Gasteiger charge is -2.35. The molecule has 3 aliphatic heterocycles. The number of anilines is 1. The van der Waals surface area contributed by atoms with Crippen molar-refractivity contribution in [2.75, 3.05) is 44.2 Å². The molecule has 3 saturated heterocycles. The van der Waals surface area contributed by atoms with E-state index in [9.17, 15) is 13.9 Å². The van der Waals surface area contributed by atoms with Gasteiger partial charge >= 0.3 is 6.01 Å². The molecule has 3 aromatic carbocycles. The Labute approximate surface area is 277 Å². The van der Waals surface area contributed by atoms with E-state index in [2.05, 4.69) is 26.0 Å². The van der Waals surface area contributed by atoms with Gasteiger partial charge in [0.2, 0.25) is 0 Å². The zero-order valence-electron chi connectivity index (χ0n) is 26.7. The maximum atomic E-state index is 16.9. The molecule has 2 bridgehead atoms. The molecular formula is C38H38F3N5O2. The summed E-state index contributed by atoms with van der Waals surface area (Å²) in [6, 6.07) is 13.1. The molecule has 9 rings (SSSR count). The standard InChI is InChI=1S/C38H38F3N5O2/c1-2-23-4-3-5-24-16-27(47)17-30(31(23)24)28-8-9-29-33(32(28)39)43-35(44-34(29)46-18-25-6-7-26(19-46)42-25)48-22-36(10-11-36)21-45-14-12-37(13-15-45)20-38(37,40)41/h1,3-5,8-9,16-17,25-26,42,47H,6-7,10-15,18-22H2. The highest BCUT2D eigenvalue weighted by Crippen LogP contribution is 2.66. The zero-order chi connectivity index (χ0) is 32.8. The number of piperazine rings is 1. The molecule has 2 atom stereocenters. The van der Waals surface area contributed by atoms with Crippen LogP contribution in [0.25, 0.3) is 32.8 Å². The highest BCUT2D eigenvalue weighted by atomic mass is 19.3. The summed E-state index contributed by atoms with van der Waals surface area (Å²) in [6.45, 7) is 4.04. The van der Waals surface area contributed by atoms with Crippen LogP contribution in [0, 0.1) is 29.0 Å². The summed E-state index contributed by atoms with van der Waals surface area (Å²) in [6.07, 6.45) is 11.1. The lowest BCUT2D eigenvalue weighted by Crippen LogP contribution is -2.51. The van der Waals surface area contributed by atoms with Crippen LogP contribution in [0.4, 0.5) is 19.0 Å². The maximum Gasteiger partial charge on any atom is 0.319 e. The number of ether oxygens (including phenoxy) is 1. The molecule has 4 aromatic rings. The van der Waals surface area contributed by atoms with E-state index < -0.39 is 17.2 Å². The van der Waals surface area contributed by atoms with Gasteiger partial charge in [-0.05, 0) is 86.8 Å². The van der Waals surface area contributed by atoms with Gasteiger partial charge in [-0.15, -0.1) is 6.42 Å². The van der Waals surface area contributed by atoms with Gasteiger partial charge in [-0.1, -0.05) is 24.1 Å². The third kappa shape index (κ3) is 4.97. The number of piperidine rings is 1. The number of rotatable bonds is 7. The predicted molar refractivity (Wildman–Crippen MR) is 179 cm³/mol. The van der Waals surface area contributed by atoms with E-state index in [1.165, 1.54) is 0 Å². The van der Waals surface area contributed by atoms with Crippen molar-refractivity contribution >= 4 is 27.5 Å². The minimum atomic E-state index is -2.50. The van der Waals surface area contributed by atoms with Crippen LogP contribution in [0.1, 0.15) is 50.5 Å². The summed E-state index contributed by atoms with van der Waals surface area (Å²) in [7, 11) is 0. The van der Waals surface area contributed by atoms with Gasteiger partial charge in [-0.25, -0.2) is 13.2 Å². The normalized spacial score (nSPS) is 25.0. The van der Waals surface area contributed by atoms with Gasteiger partial charge in [0, 0.05) is 70.9 Å². The first-order valence-corrected chi connectivity index (χ1v) is 17.1. The first-order chi connectivity index (χ1) is 23.1. The number of hydrogen-bond donors (Lipinski definition) is 2. The van der Waals surface area contributed by atoms with E-state index >= 15 is 4.39 Å². The number of benzene rings is 3. The van der Waals surface area contributed by atoms with Crippen LogP contribution in [0.15, 0.2) is 42.5 Å². The Morgan fingerprint density at radius 3 is 2.44 bits per heavy atom. The van der Waals surface area contributed by atoms with Crippen LogP contribution in [0.5, 0.6) is 11.8 Å². The number of phenols is 1. The summed E-state index contributed by atoms with van der Waals surface area (Å²) in [4.78, 5) is 14.1. The van der Waals surface area contributed by atoms with Crippen molar-refractivity contribution in [2.45, 2.75) is 63.0 Å². The summed E-state index contributed by atoms with van der Waals surface area (Å²) in [5.74, 6) is 0.347. The number of likely N-dealkylation sites (tertiary alicyclic amines) is 1. The second-order valence-electron chi connectivity index (χ2n) is 15.0. The fraction of sp³-hybridized carbons (Fsp3) is 0.474. The van der Waals surface area contributed by atoms with Crippen molar-refractivity contribution in [2.24, 2.45) is 10.8 Å². The topological polar surface area (TPSA) is 73.8 Å². The smallest absolute Gasteiger partial charge is 0.319 e. The summed E-state index contributed by atoms with van der Waals surface area (Å²) >= 11 is 0. The van der Waals surface area contributed by atoms with Crippen molar-refractivity contribution < 1.29 is 23.0 Å². The molecule has 7 nitrogen and oxygen atoms in total. The molecule has 2 saturated carbocycles. The van der Waals surface area contributed by atoms with Gasteiger partial charge < -0.3 is 25.0 Å². The average Bonchev–Trinajstić information content (AvgIpc) is 3.92. The molecule has 1 spiro atoms. The lowest BCUT2D eigenvalue weighted by molar-refractivity contribution is 0.0252. The molecule has 0 radical (unpaired) electrons. The lowest BCUT2D eigenvalue weighted by atomic mass is 9.92. The molecule has 2 unspecified atom stereocenters. The Balaban J connectivity index is 1.06. The van der Waals surface area contributed by atoms with Crippen LogP contribution >= 0.6 is 0 Å². The van der Waals surface area contributed by atoms with Crippen molar-refractivity contribution in [1.29, 1.82) is 0 Å². The molecule has 2 aliphatic carbocycles. The van der Waals surface area contributed by atoms with E-state index in [1.54, 1.807) is 18.2 Å². The predicted octanol–water partition coefficient (Wildman–Crippen LogP) is 6.50. The number of aromatic hydroxyl groups is 1. The first-order valence-electron chi connectivity index (χ1n) is 17.1. The van der Waals surface area contributed by atoms with Gasteiger partial charge in [-0.3, -0.25) is 0 Å². The van der Waals surface area contributed by atoms with Gasteiger partial charge in [-0.2, -0.15) is 9.97 Å². The van der Waals surface area contributed by atoms with Crippen molar-refractivity contribution in [3.05, 3.63) is 53.8 Å². The number of alkyl halides is 2. The minimum absolute atomic E-state index is 0.0132. The number of nitrogens with one attached hydrogen (secondary N) is 1. The fourth-order valence-corrected chi connectivity index (χ4v) is 8.63. The van der Waals surface area contributed by atoms with Crippen molar-refractivity contribution in [3.8, 4) is 35.2 Å². The largest absolute Gasteiger partial charge is 0.508 e. The van der Waals surface area contributed by atoms with Gasteiger partial charge in [0.1, 0.15) is 17.1 Å². The Morgan fingerprint density at radius 2 is 1.75 bits per heavy atom. The molecule has 4 heterocycles. The minimum Gasteiger partial charge on any atom is -0.508 e. The molecule has 248 valence electrons. The highest BCUT2D eigenvalue weighted by Gasteiger charge is 2.70. The number of terminal acetylenes is 1. The van der Waals surface area contributed by atoms with E-state index in [-0.39, 0.29) is 34.7 Å². The third-order valence-electron chi connectivity index (χ3n) is 11.7. The second-order valence-corrected chi connectivity index (χ2v) is 15.0. The Bertz CT molecular complexity index is 1990.